The monoisotopic (exact) mass is 197 g/mol. The number of nitrogens with zero attached hydrogens (tertiary/aromatic N) is 1. The van der Waals surface area contributed by atoms with Gasteiger partial charge in [0.25, 0.3) is 5.91 Å². The van der Waals surface area contributed by atoms with Crippen molar-refractivity contribution in [3.05, 3.63) is 11.3 Å². The van der Waals surface area contributed by atoms with Gasteiger partial charge in [-0.2, -0.15) is 0 Å². The van der Waals surface area contributed by atoms with E-state index in [9.17, 15) is 9.59 Å². The van der Waals surface area contributed by atoms with Crippen LogP contribution in [0.5, 0.6) is 0 Å². The number of hydrogen-bond acceptors (Lipinski definition) is 5. The normalized spacial score (nSPS) is 18.7. The van der Waals surface area contributed by atoms with Crippen molar-refractivity contribution in [2.45, 2.75) is 13.8 Å². The minimum absolute atomic E-state index is 0.00588. The van der Waals surface area contributed by atoms with Crippen LogP contribution in [0.4, 0.5) is 0 Å². The average Bonchev–Trinajstić information content (AvgIpc) is 2.44. The third-order valence-electron chi connectivity index (χ3n) is 1.63. The van der Waals surface area contributed by atoms with Gasteiger partial charge in [0.2, 0.25) is 5.96 Å². The van der Waals surface area contributed by atoms with E-state index < -0.39 is 11.9 Å². The van der Waals surface area contributed by atoms with Crippen LogP contribution in [0.2, 0.25) is 0 Å². The lowest BCUT2D eigenvalue weighted by Gasteiger charge is -2.01. The number of nitrogens with one attached hydrogen (secondary N) is 1. The maximum atomic E-state index is 11.2. The van der Waals surface area contributed by atoms with Crippen LogP contribution in [0.15, 0.2) is 16.3 Å². The summed E-state index contributed by atoms with van der Waals surface area (Å²) in [5.74, 6) is -1.04. The second kappa shape index (κ2) is 3.91. The molecule has 1 heterocycles. The van der Waals surface area contributed by atoms with Crippen molar-refractivity contribution in [1.29, 1.82) is 0 Å². The summed E-state index contributed by atoms with van der Waals surface area (Å²) in [5.41, 5.74) is 5.43. The van der Waals surface area contributed by atoms with E-state index in [1.807, 2.05) is 0 Å². The standard InChI is InChI=1S/C8H11N3O3/c1-3-14-7(13)4(2)5-6(12)11-8(9)10-5/h3H2,1-2H3,(H3,9,10,11,12)/b5-4+. The van der Waals surface area contributed by atoms with E-state index in [-0.39, 0.29) is 23.8 Å². The molecule has 0 saturated heterocycles. The Morgan fingerprint density at radius 3 is 2.71 bits per heavy atom. The first-order valence-electron chi connectivity index (χ1n) is 4.09. The Bertz CT molecular complexity index is 344. The van der Waals surface area contributed by atoms with Crippen LogP contribution in [0.3, 0.4) is 0 Å². The highest BCUT2D eigenvalue weighted by Crippen LogP contribution is 2.11. The molecule has 0 bridgehead atoms. The predicted octanol–water partition coefficient (Wildman–Crippen LogP) is -0.732. The van der Waals surface area contributed by atoms with Crippen molar-refractivity contribution in [2.24, 2.45) is 10.7 Å². The van der Waals surface area contributed by atoms with Gasteiger partial charge in [-0.05, 0) is 13.8 Å². The number of aliphatic imine (C=N–C) groups is 1. The summed E-state index contributed by atoms with van der Waals surface area (Å²) in [6.07, 6.45) is 0. The number of esters is 1. The Hall–Kier alpha value is -1.85. The Kier molecular flexibility index (Phi) is 2.85. The molecular formula is C8H11N3O3. The molecule has 76 valence electrons. The van der Waals surface area contributed by atoms with Gasteiger partial charge in [0, 0.05) is 0 Å². The fourth-order valence-corrected chi connectivity index (χ4v) is 0.965. The first-order valence-corrected chi connectivity index (χ1v) is 4.09. The van der Waals surface area contributed by atoms with E-state index >= 15 is 0 Å². The maximum Gasteiger partial charge on any atom is 0.336 e. The van der Waals surface area contributed by atoms with E-state index in [1.165, 1.54) is 6.92 Å². The molecule has 0 saturated carbocycles. The van der Waals surface area contributed by atoms with Crippen LogP contribution in [0.25, 0.3) is 0 Å². The molecule has 0 spiro atoms. The Labute approximate surface area is 80.8 Å². The van der Waals surface area contributed by atoms with Crippen molar-refractivity contribution in [3.63, 3.8) is 0 Å². The number of amides is 1. The predicted molar refractivity (Wildman–Crippen MR) is 49.1 cm³/mol. The summed E-state index contributed by atoms with van der Waals surface area (Å²) in [5, 5.41) is 2.27. The number of hydrogen-bond donors (Lipinski definition) is 2. The lowest BCUT2D eigenvalue weighted by molar-refractivity contribution is -0.138. The number of carbonyl (C=O) groups excluding carboxylic acids is 2. The second-order valence-corrected chi connectivity index (χ2v) is 2.65. The van der Waals surface area contributed by atoms with Crippen molar-refractivity contribution in [2.75, 3.05) is 6.61 Å². The van der Waals surface area contributed by atoms with Gasteiger partial charge in [0.05, 0.1) is 12.2 Å². The largest absolute Gasteiger partial charge is 0.463 e. The molecule has 0 fully saturated rings. The van der Waals surface area contributed by atoms with Crippen LogP contribution < -0.4 is 11.1 Å². The number of ether oxygens (including phenoxy) is 1. The van der Waals surface area contributed by atoms with E-state index in [4.69, 9.17) is 10.5 Å². The number of guanidine groups is 1. The molecule has 0 aromatic carbocycles. The zero-order valence-corrected chi connectivity index (χ0v) is 7.96. The SMILES string of the molecule is CCOC(=O)/C(C)=C1/N=C(N)NC1=O. The second-order valence-electron chi connectivity index (χ2n) is 2.65. The smallest absolute Gasteiger partial charge is 0.336 e. The van der Waals surface area contributed by atoms with Crippen LogP contribution in [-0.4, -0.2) is 24.4 Å². The third-order valence-corrected chi connectivity index (χ3v) is 1.63. The molecular weight excluding hydrogens is 186 g/mol. The highest BCUT2D eigenvalue weighted by Gasteiger charge is 2.23. The van der Waals surface area contributed by atoms with Gasteiger partial charge in [0.1, 0.15) is 5.70 Å². The molecule has 0 aromatic rings. The zero-order chi connectivity index (χ0) is 10.7. The number of rotatable bonds is 2. The number of nitrogens with two attached hydrogens (primary N) is 1. The molecule has 0 unspecified atom stereocenters. The Morgan fingerprint density at radius 2 is 2.29 bits per heavy atom. The minimum Gasteiger partial charge on any atom is -0.463 e. The van der Waals surface area contributed by atoms with E-state index in [0.29, 0.717) is 0 Å². The third kappa shape index (κ3) is 1.90. The van der Waals surface area contributed by atoms with Gasteiger partial charge in [-0.1, -0.05) is 0 Å². The summed E-state index contributed by atoms with van der Waals surface area (Å²) < 4.78 is 4.71. The maximum absolute atomic E-state index is 11.2. The molecule has 6 nitrogen and oxygen atoms in total. The average molecular weight is 197 g/mol. The van der Waals surface area contributed by atoms with Gasteiger partial charge in [0.15, 0.2) is 0 Å². The Balaban J connectivity index is 2.93. The lowest BCUT2D eigenvalue weighted by Crippen LogP contribution is -2.30. The lowest BCUT2D eigenvalue weighted by atomic mass is 10.2. The molecule has 1 aliphatic rings. The first-order chi connectivity index (χ1) is 6.56. The minimum atomic E-state index is -0.559. The fraction of sp³-hybridized carbons (Fsp3) is 0.375. The molecule has 14 heavy (non-hydrogen) atoms. The van der Waals surface area contributed by atoms with Gasteiger partial charge in [-0.15, -0.1) is 0 Å². The van der Waals surface area contributed by atoms with Crippen molar-refractivity contribution in [1.82, 2.24) is 5.32 Å². The fourth-order valence-electron chi connectivity index (χ4n) is 0.965. The van der Waals surface area contributed by atoms with Crippen molar-refractivity contribution in [3.8, 4) is 0 Å². The molecule has 1 aliphatic heterocycles. The highest BCUT2D eigenvalue weighted by molar-refractivity contribution is 6.14. The molecule has 0 atom stereocenters. The highest BCUT2D eigenvalue weighted by atomic mass is 16.5. The Morgan fingerprint density at radius 1 is 1.64 bits per heavy atom. The molecule has 0 radical (unpaired) electrons. The first kappa shape index (κ1) is 10.2. The quantitative estimate of drug-likeness (QED) is 0.450. The van der Waals surface area contributed by atoms with Gasteiger partial charge in [-0.3, -0.25) is 10.1 Å². The number of carbonyl (C=O) groups is 2. The molecule has 6 heteroatoms. The summed E-state index contributed by atoms with van der Waals surface area (Å²) in [4.78, 5) is 26.1. The molecule has 0 aliphatic carbocycles. The van der Waals surface area contributed by atoms with Crippen LogP contribution in [0, 0.1) is 0 Å². The summed E-state index contributed by atoms with van der Waals surface area (Å²) in [6.45, 7) is 3.40. The summed E-state index contributed by atoms with van der Waals surface area (Å²) >= 11 is 0. The molecule has 0 aromatic heterocycles. The topological polar surface area (TPSA) is 93.8 Å². The summed E-state index contributed by atoms with van der Waals surface area (Å²) in [6, 6.07) is 0. The van der Waals surface area contributed by atoms with Crippen LogP contribution in [-0.2, 0) is 14.3 Å². The summed E-state index contributed by atoms with van der Waals surface area (Å²) in [7, 11) is 0. The van der Waals surface area contributed by atoms with E-state index in [2.05, 4.69) is 10.3 Å². The van der Waals surface area contributed by atoms with E-state index in [0.717, 1.165) is 0 Å². The van der Waals surface area contributed by atoms with Crippen molar-refractivity contribution < 1.29 is 14.3 Å². The molecule has 3 N–H and O–H groups in total. The zero-order valence-electron chi connectivity index (χ0n) is 7.96. The van der Waals surface area contributed by atoms with Gasteiger partial charge >= 0.3 is 5.97 Å². The van der Waals surface area contributed by atoms with Gasteiger partial charge < -0.3 is 10.5 Å². The van der Waals surface area contributed by atoms with Crippen LogP contribution in [0.1, 0.15) is 13.8 Å². The van der Waals surface area contributed by atoms with E-state index in [1.54, 1.807) is 6.92 Å². The van der Waals surface area contributed by atoms with Crippen LogP contribution >= 0.6 is 0 Å². The molecule has 1 rings (SSSR count). The van der Waals surface area contributed by atoms with Crippen molar-refractivity contribution >= 4 is 17.8 Å². The molecule has 1 amide bonds. The van der Waals surface area contributed by atoms with Gasteiger partial charge in [-0.25, -0.2) is 9.79 Å².